The van der Waals surface area contributed by atoms with Gasteiger partial charge in [0.2, 0.25) is 0 Å². The number of nitrogens with zero attached hydrogens (tertiary/aromatic N) is 1. The fourth-order valence-corrected chi connectivity index (χ4v) is 1.88. The highest BCUT2D eigenvalue weighted by Crippen LogP contribution is 2.06. The lowest BCUT2D eigenvalue weighted by atomic mass is 10.1. The minimum Gasteiger partial charge on any atom is -0.481 e. The van der Waals surface area contributed by atoms with E-state index in [1.54, 1.807) is 4.90 Å². The first-order valence-corrected chi connectivity index (χ1v) is 7.31. The Kier molecular flexibility index (Phi) is 9.16. The van der Waals surface area contributed by atoms with Crippen LogP contribution >= 0.6 is 0 Å². The number of rotatable bonds is 10. The highest BCUT2D eigenvalue weighted by Gasteiger charge is 2.24. The van der Waals surface area contributed by atoms with Gasteiger partial charge in [-0.25, -0.2) is 9.59 Å². The van der Waals surface area contributed by atoms with E-state index in [1.807, 2.05) is 13.8 Å². The maximum absolute atomic E-state index is 12.1. The number of unbranched alkanes of at least 4 members (excludes halogenated alkanes) is 2. The molecule has 2 amide bonds. The number of urea groups is 1. The summed E-state index contributed by atoms with van der Waals surface area (Å²) in [5.74, 6) is -2.30. The summed E-state index contributed by atoms with van der Waals surface area (Å²) in [6, 6.07) is -1.68. The van der Waals surface area contributed by atoms with Gasteiger partial charge in [-0.1, -0.05) is 19.8 Å². The van der Waals surface area contributed by atoms with Crippen LogP contribution in [0.3, 0.4) is 0 Å². The van der Waals surface area contributed by atoms with Crippen molar-refractivity contribution in [3.05, 3.63) is 0 Å². The quantitative estimate of drug-likeness (QED) is 0.534. The molecule has 0 spiro atoms. The van der Waals surface area contributed by atoms with Crippen LogP contribution in [0, 0.1) is 0 Å². The van der Waals surface area contributed by atoms with Crippen LogP contribution in [0.2, 0.25) is 0 Å². The molecule has 0 saturated carbocycles. The van der Waals surface area contributed by atoms with Gasteiger partial charge in [-0.05, 0) is 26.7 Å². The lowest BCUT2D eigenvalue weighted by molar-refractivity contribution is -0.140. The topological polar surface area (TPSA) is 107 Å². The Balaban J connectivity index is 4.59. The van der Waals surface area contributed by atoms with Gasteiger partial charge in [-0.15, -0.1) is 0 Å². The first-order chi connectivity index (χ1) is 9.79. The lowest BCUT2D eigenvalue weighted by Crippen LogP contribution is -2.50. The molecule has 0 aliphatic carbocycles. The second-order valence-electron chi connectivity index (χ2n) is 5.27. The zero-order valence-electron chi connectivity index (χ0n) is 13.0. The summed E-state index contributed by atoms with van der Waals surface area (Å²) in [6.45, 7) is 6.34. The first-order valence-electron chi connectivity index (χ1n) is 7.31. The monoisotopic (exact) mass is 302 g/mol. The Labute approximate surface area is 125 Å². The van der Waals surface area contributed by atoms with Crippen LogP contribution in [0.25, 0.3) is 0 Å². The first kappa shape index (κ1) is 19.2. The van der Waals surface area contributed by atoms with Gasteiger partial charge in [0.15, 0.2) is 0 Å². The zero-order valence-corrected chi connectivity index (χ0v) is 13.0. The summed E-state index contributed by atoms with van der Waals surface area (Å²) >= 11 is 0. The Morgan fingerprint density at radius 3 is 2.19 bits per heavy atom. The highest BCUT2D eigenvalue weighted by atomic mass is 16.4. The molecule has 0 aliphatic rings. The van der Waals surface area contributed by atoms with E-state index in [0.717, 1.165) is 19.3 Å². The SMILES string of the molecule is CCCCCN(C(=O)N[C@@H](CCC(=O)O)C(=O)O)C(C)C. The fraction of sp³-hybridized carbons (Fsp3) is 0.786. The summed E-state index contributed by atoms with van der Waals surface area (Å²) in [5, 5.41) is 20.1. The van der Waals surface area contributed by atoms with Gasteiger partial charge < -0.3 is 20.4 Å². The normalized spacial score (nSPS) is 12.0. The maximum Gasteiger partial charge on any atom is 0.326 e. The van der Waals surface area contributed by atoms with E-state index in [4.69, 9.17) is 10.2 Å². The molecular weight excluding hydrogens is 276 g/mol. The minimum atomic E-state index is -1.22. The van der Waals surface area contributed by atoms with Gasteiger partial charge in [0.25, 0.3) is 0 Å². The van der Waals surface area contributed by atoms with E-state index in [2.05, 4.69) is 12.2 Å². The van der Waals surface area contributed by atoms with E-state index in [-0.39, 0.29) is 18.9 Å². The Morgan fingerprint density at radius 1 is 1.14 bits per heavy atom. The van der Waals surface area contributed by atoms with Crippen molar-refractivity contribution >= 4 is 18.0 Å². The number of carbonyl (C=O) groups excluding carboxylic acids is 1. The standard InChI is InChI=1S/C14H26N2O5/c1-4-5-6-9-16(10(2)3)14(21)15-11(13(19)20)7-8-12(17)18/h10-11H,4-9H2,1-3H3,(H,15,21)(H,17,18)(H,19,20)/t11-/m0/s1. The predicted molar refractivity (Wildman–Crippen MR) is 78.2 cm³/mol. The van der Waals surface area contributed by atoms with Crippen LogP contribution in [0.5, 0.6) is 0 Å². The Morgan fingerprint density at radius 2 is 1.76 bits per heavy atom. The molecule has 1 atom stereocenters. The van der Waals surface area contributed by atoms with E-state index in [0.29, 0.717) is 6.54 Å². The largest absolute Gasteiger partial charge is 0.481 e. The van der Waals surface area contributed by atoms with Crippen LogP contribution in [-0.2, 0) is 9.59 Å². The summed E-state index contributed by atoms with van der Waals surface area (Å²) in [6.07, 6.45) is 2.46. The van der Waals surface area contributed by atoms with Crippen LogP contribution in [-0.4, -0.2) is 51.7 Å². The Bertz CT molecular complexity index is 357. The molecule has 0 aromatic rings. The van der Waals surface area contributed by atoms with Gasteiger partial charge in [0.1, 0.15) is 6.04 Å². The number of hydrogen-bond donors (Lipinski definition) is 3. The van der Waals surface area contributed by atoms with E-state index in [9.17, 15) is 14.4 Å². The molecule has 0 radical (unpaired) electrons. The molecule has 7 heteroatoms. The van der Waals surface area contributed by atoms with Gasteiger partial charge in [0.05, 0.1) is 0 Å². The van der Waals surface area contributed by atoms with Crippen LogP contribution < -0.4 is 5.32 Å². The number of carbonyl (C=O) groups is 3. The molecule has 0 aromatic heterocycles. The summed E-state index contributed by atoms with van der Waals surface area (Å²) < 4.78 is 0. The lowest BCUT2D eigenvalue weighted by Gasteiger charge is -2.28. The molecule has 0 bridgehead atoms. The molecule has 0 rings (SSSR count). The minimum absolute atomic E-state index is 0.0456. The van der Waals surface area contributed by atoms with Crippen molar-refractivity contribution < 1.29 is 24.6 Å². The number of aliphatic carboxylic acids is 2. The third-order valence-corrected chi connectivity index (χ3v) is 3.13. The van der Waals surface area contributed by atoms with Crippen molar-refractivity contribution in [1.82, 2.24) is 10.2 Å². The van der Waals surface area contributed by atoms with Crippen molar-refractivity contribution in [3.8, 4) is 0 Å². The molecule has 3 N–H and O–H groups in total. The second kappa shape index (κ2) is 10.0. The van der Waals surface area contributed by atoms with Crippen molar-refractivity contribution in [2.45, 2.75) is 65.0 Å². The van der Waals surface area contributed by atoms with Gasteiger partial charge in [0, 0.05) is 19.0 Å². The molecule has 0 aromatic carbocycles. The van der Waals surface area contributed by atoms with E-state index in [1.165, 1.54) is 0 Å². The molecular formula is C14H26N2O5. The molecule has 0 heterocycles. The average molecular weight is 302 g/mol. The van der Waals surface area contributed by atoms with Crippen LogP contribution in [0.15, 0.2) is 0 Å². The second-order valence-corrected chi connectivity index (χ2v) is 5.27. The molecule has 0 unspecified atom stereocenters. The zero-order chi connectivity index (χ0) is 16.4. The Hall–Kier alpha value is -1.79. The van der Waals surface area contributed by atoms with Gasteiger partial charge in [-0.2, -0.15) is 0 Å². The highest BCUT2D eigenvalue weighted by molar-refractivity contribution is 5.83. The average Bonchev–Trinajstić information content (AvgIpc) is 2.38. The third kappa shape index (κ3) is 8.16. The van der Waals surface area contributed by atoms with Crippen LogP contribution in [0.4, 0.5) is 4.79 Å². The summed E-state index contributed by atoms with van der Waals surface area (Å²) in [7, 11) is 0. The number of hydrogen-bond acceptors (Lipinski definition) is 3. The molecule has 0 saturated heterocycles. The number of carboxylic acids is 2. The predicted octanol–water partition coefficient (Wildman–Crippen LogP) is 1.91. The summed E-state index contributed by atoms with van der Waals surface area (Å²) in [4.78, 5) is 35.3. The van der Waals surface area contributed by atoms with Crippen molar-refractivity contribution in [1.29, 1.82) is 0 Å². The van der Waals surface area contributed by atoms with E-state index < -0.39 is 24.0 Å². The molecule has 7 nitrogen and oxygen atoms in total. The van der Waals surface area contributed by atoms with Gasteiger partial charge in [-0.3, -0.25) is 4.79 Å². The third-order valence-electron chi connectivity index (χ3n) is 3.13. The number of nitrogens with one attached hydrogen (secondary N) is 1. The van der Waals surface area contributed by atoms with Gasteiger partial charge >= 0.3 is 18.0 Å². The van der Waals surface area contributed by atoms with E-state index >= 15 is 0 Å². The number of carboxylic acid groups (broad SMARTS) is 2. The van der Waals surface area contributed by atoms with Crippen molar-refractivity contribution in [3.63, 3.8) is 0 Å². The van der Waals surface area contributed by atoms with Crippen molar-refractivity contribution in [2.75, 3.05) is 6.54 Å². The molecule has 122 valence electrons. The molecule has 0 aliphatic heterocycles. The molecule has 21 heavy (non-hydrogen) atoms. The molecule has 0 fully saturated rings. The fourth-order valence-electron chi connectivity index (χ4n) is 1.88. The maximum atomic E-state index is 12.1. The van der Waals surface area contributed by atoms with Crippen LogP contribution in [0.1, 0.15) is 52.9 Å². The summed E-state index contributed by atoms with van der Waals surface area (Å²) in [5.41, 5.74) is 0. The smallest absolute Gasteiger partial charge is 0.326 e. The number of amides is 2. The van der Waals surface area contributed by atoms with Crippen molar-refractivity contribution in [2.24, 2.45) is 0 Å².